The second kappa shape index (κ2) is 6.43. The quantitative estimate of drug-likeness (QED) is 0.846. The fourth-order valence-corrected chi connectivity index (χ4v) is 4.49. The van der Waals surface area contributed by atoms with Gasteiger partial charge in [0.15, 0.2) is 0 Å². The molecule has 0 amide bonds. The van der Waals surface area contributed by atoms with Crippen molar-refractivity contribution in [1.29, 1.82) is 0 Å². The Balaban J connectivity index is 1.84. The van der Waals surface area contributed by atoms with E-state index in [1.807, 2.05) is 24.3 Å². The average Bonchev–Trinajstić information content (AvgIpc) is 3.04. The second-order valence-electron chi connectivity index (χ2n) is 5.87. The monoisotopic (exact) mass is 331 g/mol. The molecule has 0 radical (unpaired) electrons. The summed E-state index contributed by atoms with van der Waals surface area (Å²) in [5.41, 5.74) is 2.18. The number of benzene rings is 2. The molecule has 0 fully saturated rings. The minimum absolute atomic E-state index is 0.0140. The van der Waals surface area contributed by atoms with E-state index in [-0.39, 0.29) is 11.9 Å². The molecule has 3 rings (SSSR count). The molecule has 1 atom stereocenters. The van der Waals surface area contributed by atoms with Crippen LogP contribution in [0, 0.1) is 0 Å². The molecule has 1 aliphatic heterocycles. The molecule has 2 aromatic carbocycles. The van der Waals surface area contributed by atoms with Gasteiger partial charge in [0, 0.05) is 20.2 Å². The third-order valence-electron chi connectivity index (χ3n) is 4.26. The largest absolute Gasteiger partial charge is 0.381 e. The van der Waals surface area contributed by atoms with E-state index in [1.54, 1.807) is 6.92 Å². The van der Waals surface area contributed by atoms with E-state index < -0.39 is 10.0 Å². The van der Waals surface area contributed by atoms with E-state index in [1.165, 1.54) is 16.8 Å². The molecule has 0 N–H and O–H groups in total. The smallest absolute Gasteiger partial charge is 0.217 e. The van der Waals surface area contributed by atoms with Crippen LogP contribution in [0.25, 0.3) is 16.3 Å². The lowest BCUT2D eigenvalue weighted by Gasteiger charge is -2.19. The molecule has 1 unspecified atom stereocenters. The molecule has 1 heterocycles. The van der Waals surface area contributed by atoms with Gasteiger partial charge in [0.25, 0.3) is 0 Å². The van der Waals surface area contributed by atoms with Crippen LogP contribution in [0.3, 0.4) is 0 Å². The summed E-state index contributed by atoms with van der Waals surface area (Å²) in [7, 11) is -1.78. The number of hydrogen-bond donors (Lipinski definition) is 0. The van der Waals surface area contributed by atoms with Gasteiger partial charge in [-0.2, -0.15) is 4.31 Å². The van der Waals surface area contributed by atoms with E-state index in [9.17, 15) is 8.42 Å². The van der Waals surface area contributed by atoms with Crippen molar-refractivity contribution in [3.63, 3.8) is 0 Å². The summed E-state index contributed by atoms with van der Waals surface area (Å²) in [6, 6.07) is 14.3. The summed E-state index contributed by atoms with van der Waals surface area (Å²) < 4.78 is 31.5. The highest BCUT2D eigenvalue weighted by Gasteiger charge is 2.28. The van der Waals surface area contributed by atoms with Crippen LogP contribution in [0.15, 0.2) is 48.5 Å². The standard InChI is InChI=1S/C18H21NO3S/c1-14(22-2)13-23(20,21)19-11-10-16(12-19)18-9-5-7-15-6-3-4-8-17(15)18/h3-10,14H,11-13H2,1-2H3. The first-order chi connectivity index (χ1) is 11.0. The maximum atomic E-state index is 12.5. The van der Waals surface area contributed by atoms with Crippen LogP contribution < -0.4 is 0 Å². The second-order valence-corrected chi connectivity index (χ2v) is 7.89. The highest BCUT2D eigenvalue weighted by atomic mass is 32.2. The number of fused-ring (bicyclic) bond motifs is 1. The minimum Gasteiger partial charge on any atom is -0.381 e. The number of nitrogens with zero attached hydrogens (tertiary/aromatic N) is 1. The van der Waals surface area contributed by atoms with Crippen LogP contribution in [0.2, 0.25) is 0 Å². The third-order valence-corrected chi connectivity index (χ3v) is 6.22. The maximum Gasteiger partial charge on any atom is 0.217 e. The molecule has 1 aliphatic rings. The van der Waals surface area contributed by atoms with E-state index in [0.717, 1.165) is 16.5 Å². The van der Waals surface area contributed by atoms with Gasteiger partial charge in [0.1, 0.15) is 0 Å². The zero-order valence-electron chi connectivity index (χ0n) is 13.4. The Bertz CT molecular complexity index is 837. The van der Waals surface area contributed by atoms with Crippen LogP contribution in [0.5, 0.6) is 0 Å². The maximum absolute atomic E-state index is 12.5. The first-order valence-corrected chi connectivity index (χ1v) is 9.30. The molecule has 5 heteroatoms. The van der Waals surface area contributed by atoms with Gasteiger partial charge in [-0.1, -0.05) is 48.5 Å². The van der Waals surface area contributed by atoms with Gasteiger partial charge in [0.2, 0.25) is 10.0 Å². The van der Waals surface area contributed by atoms with Crippen LogP contribution in [-0.2, 0) is 14.8 Å². The van der Waals surface area contributed by atoms with Gasteiger partial charge in [-0.15, -0.1) is 0 Å². The van der Waals surface area contributed by atoms with Gasteiger partial charge >= 0.3 is 0 Å². The first kappa shape index (κ1) is 16.2. The van der Waals surface area contributed by atoms with Gasteiger partial charge < -0.3 is 4.74 Å². The number of ether oxygens (including phenoxy) is 1. The summed E-state index contributed by atoms with van der Waals surface area (Å²) in [5, 5.41) is 2.32. The van der Waals surface area contributed by atoms with Crippen molar-refractivity contribution in [2.24, 2.45) is 0 Å². The van der Waals surface area contributed by atoms with Crippen molar-refractivity contribution in [3.8, 4) is 0 Å². The van der Waals surface area contributed by atoms with E-state index in [2.05, 4.69) is 24.3 Å². The van der Waals surface area contributed by atoms with Crippen LogP contribution >= 0.6 is 0 Å². The number of hydrogen-bond acceptors (Lipinski definition) is 3. The van der Waals surface area contributed by atoms with Gasteiger partial charge in [-0.3, -0.25) is 0 Å². The van der Waals surface area contributed by atoms with Gasteiger partial charge in [-0.05, 0) is 28.8 Å². The number of sulfonamides is 1. The molecule has 0 aromatic heterocycles. The Labute approximate surface area is 137 Å². The fourth-order valence-electron chi connectivity index (χ4n) is 2.91. The lowest BCUT2D eigenvalue weighted by molar-refractivity contribution is 0.135. The summed E-state index contributed by atoms with van der Waals surface area (Å²) in [6.07, 6.45) is 1.71. The molecule has 0 spiro atoms. The molecule has 2 aromatic rings. The van der Waals surface area contributed by atoms with Crippen molar-refractivity contribution in [3.05, 3.63) is 54.1 Å². The molecular formula is C18H21NO3S. The molecule has 0 saturated heterocycles. The Morgan fingerprint density at radius 2 is 1.91 bits per heavy atom. The molecule has 0 saturated carbocycles. The van der Waals surface area contributed by atoms with Crippen molar-refractivity contribution >= 4 is 26.4 Å². The Morgan fingerprint density at radius 1 is 1.17 bits per heavy atom. The SMILES string of the molecule is COC(C)CS(=O)(=O)N1CC=C(c2cccc3ccccc23)C1. The van der Waals surface area contributed by atoms with Gasteiger partial charge in [0.05, 0.1) is 11.9 Å². The molecule has 4 nitrogen and oxygen atoms in total. The Kier molecular flexibility index (Phi) is 4.53. The lowest BCUT2D eigenvalue weighted by atomic mass is 9.99. The third kappa shape index (κ3) is 3.32. The average molecular weight is 331 g/mol. The highest BCUT2D eigenvalue weighted by molar-refractivity contribution is 7.89. The van der Waals surface area contributed by atoms with Crippen LogP contribution in [0.1, 0.15) is 12.5 Å². The summed E-state index contributed by atoms with van der Waals surface area (Å²) in [5.74, 6) is 0.0140. The minimum atomic E-state index is -3.31. The topological polar surface area (TPSA) is 46.6 Å². The van der Waals surface area contributed by atoms with E-state index in [0.29, 0.717) is 13.1 Å². The van der Waals surface area contributed by atoms with Crippen molar-refractivity contribution in [2.75, 3.05) is 26.0 Å². The van der Waals surface area contributed by atoms with Crippen LogP contribution in [0.4, 0.5) is 0 Å². The Hall–Kier alpha value is -1.69. The lowest BCUT2D eigenvalue weighted by Crippen LogP contribution is -2.35. The fraction of sp³-hybridized carbons (Fsp3) is 0.333. The summed E-state index contributed by atoms with van der Waals surface area (Å²) in [4.78, 5) is 0. The molecule has 23 heavy (non-hydrogen) atoms. The first-order valence-electron chi connectivity index (χ1n) is 7.69. The predicted molar refractivity (Wildman–Crippen MR) is 93.8 cm³/mol. The highest BCUT2D eigenvalue weighted by Crippen LogP contribution is 2.29. The van der Waals surface area contributed by atoms with Crippen molar-refractivity contribution in [2.45, 2.75) is 13.0 Å². The summed E-state index contributed by atoms with van der Waals surface area (Å²) >= 11 is 0. The predicted octanol–water partition coefficient (Wildman–Crippen LogP) is 2.90. The molecule has 122 valence electrons. The zero-order chi connectivity index (χ0) is 16.4. The Morgan fingerprint density at radius 3 is 2.70 bits per heavy atom. The van der Waals surface area contributed by atoms with Gasteiger partial charge in [-0.25, -0.2) is 8.42 Å². The van der Waals surface area contributed by atoms with Crippen molar-refractivity contribution in [1.82, 2.24) is 4.31 Å². The number of rotatable bonds is 5. The molecule has 0 aliphatic carbocycles. The van der Waals surface area contributed by atoms with E-state index in [4.69, 9.17) is 4.74 Å². The normalized spacial score (nSPS) is 17.4. The van der Waals surface area contributed by atoms with E-state index >= 15 is 0 Å². The molecular weight excluding hydrogens is 310 g/mol. The molecule has 0 bridgehead atoms. The van der Waals surface area contributed by atoms with Crippen molar-refractivity contribution < 1.29 is 13.2 Å². The zero-order valence-corrected chi connectivity index (χ0v) is 14.2. The van der Waals surface area contributed by atoms with Crippen LogP contribution in [-0.4, -0.2) is 44.8 Å². The summed E-state index contributed by atoms with van der Waals surface area (Å²) in [6.45, 7) is 2.62. The number of methoxy groups -OCH3 is 1.